The Balaban J connectivity index is 2.21. The molecule has 92 valence electrons. The number of carbonyl (C=O) groups is 1. The summed E-state index contributed by atoms with van der Waals surface area (Å²) in [5, 5.41) is 12.0. The fraction of sp³-hybridized carbons (Fsp3) is 0.143. The molecule has 0 atom stereocenters. The molecule has 2 rings (SSSR count). The lowest BCUT2D eigenvalue weighted by atomic mass is 10.1. The van der Waals surface area contributed by atoms with Gasteiger partial charge in [-0.3, -0.25) is 0 Å². The molecule has 0 aliphatic heterocycles. The first-order chi connectivity index (χ1) is 8.70. The largest absolute Gasteiger partial charge is 0.478 e. The van der Waals surface area contributed by atoms with Crippen LogP contribution in [0.5, 0.6) is 0 Å². The molecule has 1 heterocycles. The Morgan fingerprint density at radius 3 is 2.67 bits per heavy atom. The van der Waals surface area contributed by atoms with Crippen molar-refractivity contribution in [2.24, 2.45) is 0 Å². The van der Waals surface area contributed by atoms with E-state index in [4.69, 9.17) is 5.11 Å². The van der Waals surface area contributed by atoms with Gasteiger partial charge in [0.2, 0.25) is 0 Å². The number of aryl methyl sites for hydroxylation is 1. The molecule has 1 aromatic carbocycles. The molecule has 0 aliphatic carbocycles. The Kier molecular flexibility index (Phi) is 3.57. The summed E-state index contributed by atoms with van der Waals surface area (Å²) in [5.74, 6) is -0.330. The van der Waals surface area contributed by atoms with Crippen molar-refractivity contribution in [2.75, 3.05) is 5.32 Å². The second-order valence-electron chi connectivity index (χ2n) is 3.87. The summed E-state index contributed by atoms with van der Waals surface area (Å²) in [6.45, 7) is 2.08. The highest BCUT2D eigenvalue weighted by atomic mass is 16.4. The van der Waals surface area contributed by atoms with Gasteiger partial charge in [0.15, 0.2) is 0 Å². The van der Waals surface area contributed by atoms with E-state index in [9.17, 15) is 4.79 Å². The second kappa shape index (κ2) is 5.31. The highest BCUT2D eigenvalue weighted by Crippen LogP contribution is 2.19. The van der Waals surface area contributed by atoms with Crippen LogP contribution >= 0.6 is 0 Å². The zero-order valence-electron chi connectivity index (χ0n) is 10.1. The number of hydrogen-bond donors (Lipinski definition) is 2. The van der Waals surface area contributed by atoms with Crippen LogP contribution in [0.4, 0.5) is 11.5 Å². The Bertz CT molecular complexity index is 550. The maximum atomic E-state index is 10.7. The molecule has 4 heteroatoms. The van der Waals surface area contributed by atoms with E-state index in [1.54, 1.807) is 6.07 Å². The molecule has 0 amide bonds. The van der Waals surface area contributed by atoms with E-state index in [1.165, 1.54) is 17.8 Å². The molecule has 0 spiro atoms. The molecule has 0 unspecified atom stereocenters. The highest BCUT2D eigenvalue weighted by molar-refractivity contribution is 5.87. The average Bonchev–Trinajstić information content (AvgIpc) is 2.40. The third kappa shape index (κ3) is 2.66. The zero-order valence-corrected chi connectivity index (χ0v) is 10.1. The Hall–Kier alpha value is -2.36. The number of para-hydroxylation sites is 1. The first-order valence-corrected chi connectivity index (χ1v) is 5.75. The van der Waals surface area contributed by atoms with Gasteiger partial charge in [-0.25, -0.2) is 9.78 Å². The van der Waals surface area contributed by atoms with Crippen molar-refractivity contribution < 1.29 is 9.90 Å². The lowest BCUT2D eigenvalue weighted by Crippen LogP contribution is -2.00. The van der Waals surface area contributed by atoms with E-state index in [0.717, 1.165) is 12.1 Å². The summed E-state index contributed by atoms with van der Waals surface area (Å²) < 4.78 is 0. The van der Waals surface area contributed by atoms with Crippen molar-refractivity contribution >= 4 is 17.5 Å². The summed E-state index contributed by atoms with van der Waals surface area (Å²) in [6.07, 6.45) is 2.27. The van der Waals surface area contributed by atoms with Crippen LogP contribution in [-0.2, 0) is 6.42 Å². The molecule has 2 N–H and O–H groups in total. The standard InChI is InChI=1S/C14H14N2O2/c1-2-10-5-3-4-6-12(10)16-13-8-7-11(9-15-13)14(17)18/h3-9H,2H2,1H3,(H,15,16)(H,17,18). The van der Waals surface area contributed by atoms with Crippen molar-refractivity contribution in [3.63, 3.8) is 0 Å². The molecule has 1 aromatic heterocycles. The van der Waals surface area contributed by atoms with Gasteiger partial charge in [-0.15, -0.1) is 0 Å². The zero-order chi connectivity index (χ0) is 13.0. The van der Waals surface area contributed by atoms with E-state index >= 15 is 0 Å². The molecular formula is C14H14N2O2. The SMILES string of the molecule is CCc1ccccc1Nc1ccc(C(=O)O)cn1. The van der Waals surface area contributed by atoms with Gasteiger partial charge in [-0.2, -0.15) is 0 Å². The molecule has 18 heavy (non-hydrogen) atoms. The fourth-order valence-corrected chi connectivity index (χ4v) is 1.68. The van der Waals surface area contributed by atoms with E-state index in [1.807, 2.05) is 24.3 Å². The van der Waals surface area contributed by atoms with Gasteiger partial charge in [0.25, 0.3) is 0 Å². The number of anilines is 2. The van der Waals surface area contributed by atoms with Crippen LogP contribution in [0.15, 0.2) is 42.6 Å². The van der Waals surface area contributed by atoms with Crippen molar-refractivity contribution in [3.8, 4) is 0 Å². The Morgan fingerprint density at radius 2 is 2.06 bits per heavy atom. The molecule has 0 radical (unpaired) electrons. The number of hydrogen-bond acceptors (Lipinski definition) is 3. The van der Waals surface area contributed by atoms with Gasteiger partial charge in [0, 0.05) is 11.9 Å². The van der Waals surface area contributed by atoms with E-state index in [0.29, 0.717) is 5.82 Å². The van der Waals surface area contributed by atoms with E-state index < -0.39 is 5.97 Å². The molecule has 0 fully saturated rings. The molecule has 0 aliphatic rings. The number of nitrogens with zero attached hydrogens (tertiary/aromatic N) is 1. The topological polar surface area (TPSA) is 62.2 Å². The number of rotatable bonds is 4. The molecule has 0 bridgehead atoms. The van der Waals surface area contributed by atoms with E-state index in [-0.39, 0.29) is 5.56 Å². The second-order valence-corrected chi connectivity index (χ2v) is 3.87. The molecule has 0 saturated carbocycles. The number of carboxylic acid groups (broad SMARTS) is 1. The van der Waals surface area contributed by atoms with Crippen LogP contribution < -0.4 is 5.32 Å². The predicted octanol–water partition coefficient (Wildman–Crippen LogP) is 3.09. The summed E-state index contributed by atoms with van der Waals surface area (Å²) >= 11 is 0. The first-order valence-electron chi connectivity index (χ1n) is 5.75. The predicted molar refractivity (Wildman–Crippen MR) is 70.3 cm³/mol. The number of nitrogens with one attached hydrogen (secondary N) is 1. The minimum atomic E-state index is -0.969. The molecular weight excluding hydrogens is 228 g/mol. The van der Waals surface area contributed by atoms with Gasteiger partial charge in [-0.05, 0) is 30.2 Å². The van der Waals surface area contributed by atoms with Crippen molar-refractivity contribution in [1.82, 2.24) is 4.98 Å². The maximum absolute atomic E-state index is 10.7. The Morgan fingerprint density at radius 1 is 1.28 bits per heavy atom. The molecule has 0 saturated heterocycles. The molecule has 2 aromatic rings. The summed E-state index contributed by atoms with van der Waals surface area (Å²) in [7, 11) is 0. The van der Waals surface area contributed by atoms with Gasteiger partial charge < -0.3 is 10.4 Å². The summed E-state index contributed by atoms with van der Waals surface area (Å²) in [5.41, 5.74) is 2.38. The van der Waals surface area contributed by atoms with Gasteiger partial charge in [-0.1, -0.05) is 25.1 Å². The summed E-state index contributed by atoms with van der Waals surface area (Å²) in [6, 6.07) is 11.2. The van der Waals surface area contributed by atoms with Crippen LogP contribution in [0, 0.1) is 0 Å². The lowest BCUT2D eigenvalue weighted by molar-refractivity contribution is 0.0696. The minimum absolute atomic E-state index is 0.185. The smallest absolute Gasteiger partial charge is 0.337 e. The number of aromatic nitrogens is 1. The number of benzene rings is 1. The maximum Gasteiger partial charge on any atom is 0.337 e. The van der Waals surface area contributed by atoms with Crippen LogP contribution in [0.25, 0.3) is 0 Å². The van der Waals surface area contributed by atoms with Gasteiger partial charge in [0.05, 0.1) is 5.56 Å². The Labute approximate surface area is 105 Å². The normalized spacial score (nSPS) is 10.1. The number of aromatic carboxylic acids is 1. The fourth-order valence-electron chi connectivity index (χ4n) is 1.68. The number of carboxylic acids is 1. The van der Waals surface area contributed by atoms with E-state index in [2.05, 4.69) is 17.2 Å². The third-order valence-corrected chi connectivity index (χ3v) is 2.67. The van der Waals surface area contributed by atoms with Crippen molar-refractivity contribution in [1.29, 1.82) is 0 Å². The van der Waals surface area contributed by atoms with Gasteiger partial charge >= 0.3 is 5.97 Å². The quantitative estimate of drug-likeness (QED) is 0.864. The van der Waals surface area contributed by atoms with Crippen LogP contribution in [0.2, 0.25) is 0 Å². The van der Waals surface area contributed by atoms with Crippen LogP contribution in [0.3, 0.4) is 0 Å². The first kappa shape index (κ1) is 12.1. The van der Waals surface area contributed by atoms with Crippen molar-refractivity contribution in [3.05, 3.63) is 53.7 Å². The third-order valence-electron chi connectivity index (χ3n) is 2.67. The lowest BCUT2D eigenvalue weighted by Gasteiger charge is -2.09. The highest BCUT2D eigenvalue weighted by Gasteiger charge is 2.04. The van der Waals surface area contributed by atoms with Crippen LogP contribution in [-0.4, -0.2) is 16.1 Å². The monoisotopic (exact) mass is 242 g/mol. The minimum Gasteiger partial charge on any atom is -0.478 e. The van der Waals surface area contributed by atoms with Gasteiger partial charge in [0.1, 0.15) is 5.82 Å². The average molecular weight is 242 g/mol. The summed E-state index contributed by atoms with van der Waals surface area (Å²) in [4.78, 5) is 14.8. The molecule has 4 nitrogen and oxygen atoms in total. The van der Waals surface area contributed by atoms with Crippen molar-refractivity contribution in [2.45, 2.75) is 13.3 Å². The van der Waals surface area contributed by atoms with Crippen LogP contribution in [0.1, 0.15) is 22.8 Å². The number of pyridine rings is 1.